The van der Waals surface area contributed by atoms with E-state index in [9.17, 15) is 4.79 Å². The van der Waals surface area contributed by atoms with Crippen molar-refractivity contribution < 1.29 is 9.53 Å². The fourth-order valence-corrected chi connectivity index (χ4v) is 2.96. The second kappa shape index (κ2) is 8.79. The lowest BCUT2D eigenvalue weighted by Gasteiger charge is -2.07. The third kappa shape index (κ3) is 6.12. The van der Waals surface area contributed by atoms with Crippen molar-refractivity contribution in [3.8, 4) is 10.6 Å². The van der Waals surface area contributed by atoms with Crippen molar-refractivity contribution in [2.45, 2.75) is 39.7 Å². The molecule has 1 aromatic carbocycles. The van der Waals surface area contributed by atoms with Crippen molar-refractivity contribution in [3.05, 3.63) is 40.9 Å². The van der Waals surface area contributed by atoms with Crippen LogP contribution in [0.15, 0.2) is 29.6 Å². The fraction of sp³-hybridized carbons (Fsp3) is 0.444. The van der Waals surface area contributed by atoms with E-state index >= 15 is 0 Å². The van der Waals surface area contributed by atoms with Gasteiger partial charge in [0, 0.05) is 24.1 Å². The predicted molar refractivity (Wildman–Crippen MR) is 94.7 cm³/mol. The number of aryl methyl sites for hydroxylation is 1. The van der Waals surface area contributed by atoms with Crippen molar-refractivity contribution >= 4 is 17.2 Å². The van der Waals surface area contributed by atoms with E-state index in [0.29, 0.717) is 19.6 Å². The number of hydrogen-bond acceptors (Lipinski definition) is 4. The second-order valence-electron chi connectivity index (χ2n) is 5.81. The summed E-state index contributed by atoms with van der Waals surface area (Å²) in [4.78, 5) is 16.5. The summed E-state index contributed by atoms with van der Waals surface area (Å²) in [5, 5.41) is 5.83. The molecule has 0 saturated carbocycles. The van der Waals surface area contributed by atoms with E-state index in [4.69, 9.17) is 4.74 Å². The molecule has 0 aliphatic rings. The summed E-state index contributed by atoms with van der Waals surface area (Å²) in [6.07, 6.45) is 1.39. The third-order valence-corrected chi connectivity index (χ3v) is 4.19. The zero-order valence-electron chi connectivity index (χ0n) is 14.0. The number of carbonyl (C=O) groups is 1. The van der Waals surface area contributed by atoms with E-state index in [1.165, 1.54) is 5.56 Å². The molecule has 124 valence electrons. The Morgan fingerprint density at radius 1 is 1.39 bits per heavy atom. The average molecular weight is 332 g/mol. The first-order valence-electron chi connectivity index (χ1n) is 7.94. The molecule has 2 rings (SSSR count). The zero-order chi connectivity index (χ0) is 16.7. The Labute approximate surface area is 141 Å². The zero-order valence-corrected chi connectivity index (χ0v) is 14.8. The van der Waals surface area contributed by atoms with Crippen molar-refractivity contribution in [1.29, 1.82) is 0 Å². The summed E-state index contributed by atoms with van der Waals surface area (Å²) in [6.45, 7) is 7.39. The Kier molecular flexibility index (Phi) is 6.74. The average Bonchev–Trinajstić information content (AvgIpc) is 2.95. The van der Waals surface area contributed by atoms with E-state index in [0.717, 1.165) is 22.7 Å². The van der Waals surface area contributed by atoms with Gasteiger partial charge in [-0.2, -0.15) is 0 Å². The topological polar surface area (TPSA) is 51.2 Å². The van der Waals surface area contributed by atoms with Gasteiger partial charge in [0.05, 0.1) is 18.2 Å². The molecule has 1 aromatic heterocycles. The van der Waals surface area contributed by atoms with Gasteiger partial charge >= 0.3 is 0 Å². The molecule has 0 unspecified atom stereocenters. The first-order chi connectivity index (χ1) is 11.0. The van der Waals surface area contributed by atoms with Crippen LogP contribution in [0.1, 0.15) is 31.5 Å². The first-order valence-corrected chi connectivity index (χ1v) is 8.82. The van der Waals surface area contributed by atoms with Gasteiger partial charge in [-0.05, 0) is 33.3 Å². The number of thiazole rings is 1. The minimum Gasteiger partial charge on any atom is -0.379 e. The van der Waals surface area contributed by atoms with E-state index in [-0.39, 0.29) is 12.0 Å². The molecule has 5 heteroatoms. The van der Waals surface area contributed by atoms with Crippen LogP contribution in [-0.2, 0) is 16.0 Å². The summed E-state index contributed by atoms with van der Waals surface area (Å²) in [5.41, 5.74) is 3.13. The van der Waals surface area contributed by atoms with Gasteiger partial charge in [0.1, 0.15) is 5.01 Å². The molecule has 0 aliphatic heterocycles. The molecule has 23 heavy (non-hydrogen) atoms. The number of carbonyl (C=O) groups excluding carboxylic acids is 1. The summed E-state index contributed by atoms with van der Waals surface area (Å²) >= 11 is 1.58. The van der Waals surface area contributed by atoms with Crippen LogP contribution < -0.4 is 5.32 Å². The number of rotatable bonds is 8. The number of nitrogens with one attached hydrogen (secondary N) is 1. The first kappa shape index (κ1) is 17.6. The highest BCUT2D eigenvalue weighted by Gasteiger charge is 2.09. The second-order valence-corrected chi connectivity index (χ2v) is 6.67. The molecule has 0 aliphatic carbocycles. The van der Waals surface area contributed by atoms with Gasteiger partial charge in [0.25, 0.3) is 0 Å². The third-order valence-electron chi connectivity index (χ3n) is 3.25. The van der Waals surface area contributed by atoms with Gasteiger partial charge in [0.2, 0.25) is 5.91 Å². The maximum Gasteiger partial charge on any atom is 0.226 e. The number of benzene rings is 1. The summed E-state index contributed by atoms with van der Waals surface area (Å²) in [7, 11) is 0. The maximum absolute atomic E-state index is 11.9. The van der Waals surface area contributed by atoms with E-state index in [1.54, 1.807) is 11.3 Å². The molecule has 4 nitrogen and oxygen atoms in total. The van der Waals surface area contributed by atoms with Crippen molar-refractivity contribution in [2.75, 3.05) is 13.2 Å². The SMILES string of the molecule is Cc1cccc(-c2nc(CC(=O)NCCCOC(C)C)cs2)c1. The van der Waals surface area contributed by atoms with Crippen LogP contribution in [0.5, 0.6) is 0 Å². The number of hydrogen-bond donors (Lipinski definition) is 1. The molecule has 1 N–H and O–H groups in total. The molecule has 2 aromatic rings. The Hall–Kier alpha value is -1.72. The predicted octanol–water partition coefficient (Wildman–Crippen LogP) is 3.59. The lowest BCUT2D eigenvalue weighted by Crippen LogP contribution is -2.27. The quantitative estimate of drug-likeness (QED) is 0.752. The van der Waals surface area contributed by atoms with E-state index < -0.39 is 0 Å². The van der Waals surface area contributed by atoms with Crippen LogP contribution >= 0.6 is 11.3 Å². The number of aromatic nitrogens is 1. The monoisotopic (exact) mass is 332 g/mol. The van der Waals surface area contributed by atoms with Crippen LogP contribution in [0.3, 0.4) is 0 Å². The number of nitrogens with zero attached hydrogens (tertiary/aromatic N) is 1. The van der Waals surface area contributed by atoms with Crippen LogP contribution in [-0.4, -0.2) is 30.1 Å². The Balaban J connectivity index is 1.79. The molecule has 0 fully saturated rings. The van der Waals surface area contributed by atoms with E-state index in [2.05, 4.69) is 29.4 Å². The lowest BCUT2D eigenvalue weighted by molar-refractivity contribution is -0.120. The molecule has 1 heterocycles. The van der Waals surface area contributed by atoms with Gasteiger partial charge in [-0.15, -0.1) is 11.3 Å². The summed E-state index contributed by atoms with van der Waals surface area (Å²) in [5.74, 6) is 0.00985. The molecule has 0 spiro atoms. The van der Waals surface area contributed by atoms with E-state index in [1.807, 2.05) is 31.4 Å². The lowest BCUT2D eigenvalue weighted by atomic mass is 10.1. The number of ether oxygens (including phenoxy) is 1. The van der Waals surface area contributed by atoms with Crippen molar-refractivity contribution in [3.63, 3.8) is 0 Å². The molecule has 0 atom stereocenters. The van der Waals surface area contributed by atoms with Gasteiger partial charge in [-0.3, -0.25) is 4.79 Å². The molecule has 0 saturated heterocycles. The fourth-order valence-electron chi connectivity index (χ4n) is 2.14. The normalized spacial score (nSPS) is 11.0. The highest BCUT2D eigenvalue weighted by molar-refractivity contribution is 7.13. The smallest absolute Gasteiger partial charge is 0.226 e. The Bertz CT molecular complexity index is 637. The minimum atomic E-state index is 0.00985. The van der Waals surface area contributed by atoms with Crippen molar-refractivity contribution in [2.24, 2.45) is 0 Å². The Morgan fingerprint density at radius 2 is 2.22 bits per heavy atom. The summed E-state index contributed by atoms with van der Waals surface area (Å²) < 4.78 is 5.44. The van der Waals surface area contributed by atoms with Crippen LogP contribution in [0, 0.1) is 6.92 Å². The van der Waals surface area contributed by atoms with Gasteiger partial charge in [-0.1, -0.05) is 23.8 Å². The van der Waals surface area contributed by atoms with Gasteiger partial charge in [-0.25, -0.2) is 4.98 Å². The van der Waals surface area contributed by atoms with Crippen LogP contribution in [0.25, 0.3) is 10.6 Å². The molecule has 1 amide bonds. The number of amides is 1. The van der Waals surface area contributed by atoms with Crippen LogP contribution in [0.4, 0.5) is 0 Å². The molecular formula is C18H24N2O2S. The van der Waals surface area contributed by atoms with Crippen LogP contribution in [0.2, 0.25) is 0 Å². The maximum atomic E-state index is 11.9. The highest BCUT2D eigenvalue weighted by Crippen LogP contribution is 2.24. The van der Waals surface area contributed by atoms with Crippen molar-refractivity contribution in [1.82, 2.24) is 10.3 Å². The minimum absolute atomic E-state index is 0.00985. The largest absolute Gasteiger partial charge is 0.379 e. The highest BCUT2D eigenvalue weighted by atomic mass is 32.1. The molecule has 0 radical (unpaired) electrons. The van der Waals surface area contributed by atoms with Gasteiger partial charge in [0.15, 0.2) is 0 Å². The molecular weight excluding hydrogens is 308 g/mol. The Morgan fingerprint density at radius 3 is 2.96 bits per heavy atom. The summed E-state index contributed by atoms with van der Waals surface area (Å²) in [6, 6.07) is 8.24. The standard InChI is InChI=1S/C18H24N2O2S/c1-13(2)22-9-5-8-19-17(21)11-16-12-23-18(20-16)15-7-4-6-14(3)10-15/h4,6-7,10,12-13H,5,8-9,11H2,1-3H3,(H,19,21). The van der Waals surface area contributed by atoms with Gasteiger partial charge < -0.3 is 10.1 Å². The molecule has 0 bridgehead atoms.